The summed E-state index contributed by atoms with van der Waals surface area (Å²) >= 11 is 0. The summed E-state index contributed by atoms with van der Waals surface area (Å²) < 4.78 is 5.35. The van der Waals surface area contributed by atoms with Gasteiger partial charge < -0.3 is 4.74 Å². The molecule has 2 heteroatoms. The lowest BCUT2D eigenvalue weighted by atomic mass is 9.89. The molecule has 0 aromatic carbocycles. The summed E-state index contributed by atoms with van der Waals surface area (Å²) in [7, 11) is 0. The first-order valence-corrected chi connectivity index (χ1v) is 5.75. The van der Waals surface area contributed by atoms with E-state index in [1.165, 1.54) is 38.6 Å². The van der Waals surface area contributed by atoms with Crippen LogP contribution in [0.15, 0.2) is 0 Å². The van der Waals surface area contributed by atoms with Crippen LogP contribution in [0.25, 0.3) is 0 Å². The van der Waals surface area contributed by atoms with Crippen LogP contribution in [0.4, 0.5) is 0 Å². The van der Waals surface area contributed by atoms with Crippen LogP contribution in [0, 0.1) is 5.92 Å². The lowest BCUT2D eigenvalue weighted by Gasteiger charge is -2.32. The predicted octanol–water partition coefficient (Wildman–Crippen LogP) is 1.90. The van der Waals surface area contributed by atoms with Crippen molar-refractivity contribution in [3.63, 3.8) is 0 Å². The van der Waals surface area contributed by atoms with Crippen LogP contribution in [-0.4, -0.2) is 37.7 Å². The Morgan fingerprint density at radius 1 is 1.00 bits per heavy atom. The highest BCUT2D eigenvalue weighted by molar-refractivity contribution is 4.71. The molecule has 2 aliphatic rings. The Hall–Kier alpha value is -0.0800. The van der Waals surface area contributed by atoms with E-state index in [2.05, 4.69) is 4.90 Å². The molecule has 0 N–H and O–H groups in total. The van der Waals surface area contributed by atoms with Crippen LogP contribution in [0.3, 0.4) is 0 Å². The van der Waals surface area contributed by atoms with Gasteiger partial charge in [-0.3, -0.25) is 4.90 Å². The van der Waals surface area contributed by atoms with Gasteiger partial charge in [0, 0.05) is 19.6 Å². The molecule has 0 spiro atoms. The number of morpholine rings is 1. The molecule has 0 unspecified atom stereocenters. The third-order valence-electron chi connectivity index (χ3n) is 3.34. The van der Waals surface area contributed by atoms with Crippen LogP contribution in [0.5, 0.6) is 0 Å². The summed E-state index contributed by atoms with van der Waals surface area (Å²) in [6, 6.07) is 0. The highest BCUT2D eigenvalue weighted by atomic mass is 16.5. The zero-order valence-electron chi connectivity index (χ0n) is 8.50. The quantitative estimate of drug-likeness (QED) is 0.648. The Labute approximate surface area is 81.3 Å². The number of hydrogen-bond donors (Lipinski definition) is 0. The van der Waals surface area contributed by atoms with E-state index >= 15 is 0 Å². The molecule has 2 rings (SSSR count). The minimum absolute atomic E-state index is 0.951. The molecular formula is C11H21NO. The van der Waals surface area contributed by atoms with Crippen molar-refractivity contribution in [3.05, 3.63) is 0 Å². The highest BCUT2D eigenvalue weighted by Gasteiger charge is 2.18. The van der Waals surface area contributed by atoms with Crippen molar-refractivity contribution in [1.29, 1.82) is 0 Å². The van der Waals surface area contributed by atoms with Gasteiger partial charge in [-0.2, -0.15) is 0 Å². The van der Waals surface area contributed by atoms with Gasteiger partial charge in [0.2, 0.25) is 0 Å². The van der Waals surface area contributed by atoms with Gasteiger partial charge in [0.15, 0.2) is 0 Å². The van der Waals surface area contributed by atoms with Gasteiger partial charge in [0.05, 0.1) is 13.2 Å². The first-order valence-electron chi connectivity index (χ1n) is 5.75. The molecule has 1 heterocycles. The standard InChI is InChI=1S/C11H21NO/c1-2-4-11(5-3-1)10-12-6-8-13-9-7-12/h11H,1-10H2. The van der Waals surface area contributed by atoms with Crippen LogP contribution in [-0.2, 0) is 4.74 Å². The fourth-order valence-electron chi connectivity index (χ4n) is 2.52. The second-order valence-corrected chi connectivity index (χ2v) is 4.42. The molecule has 1 saturated heterocycles. The molecule has 0 aromatic heterocycles. The van der Waals surface area contributed by atoms with E-state index in [1.54, 1.807) is 0 Å². The predicted molar refractivity (Wildman–Crippen MR) is 53.8 cm³/mol. The van der Waals surface area contributed by atoms with Crippen molar-refractivity contribution in [2.45, 2.75) is 32.1 Å². The number of ether oxygens (including phenoxy) is 1. The summed E-state index contributed by atoms with van der Waals surface area (Å²) in [4.78, 5) is 2.58. The average molecular weight is 183 g/mol. The molecule has 2 nitrogen and oxygen atoms in total. The van der Waals surface area contributed by atoms with Gasteiger partial charge in [-0.1, -0.05) is 19.3 Å². The molecule has 1 aliphatic heterocycles. The lowest BCUT2D eigenvalue weighted by molar-refractivity contribution is 0.0278. The van der Waals surface area contributed by atoms with Crippen LogP contribution in [0.1, 0.15) is 32.1 Å². The summed E-state index contributed by atoms with van der Waals surface area (Å²) in [6.45, 7) is 5.57. The van der Waals surface area contributed by atoms with Gasteiger partial charge >= 0.3 is 0 Å². The van der Waals surface area contributed by atoms with Gasteiger partial charge in [-0.25, -0.2) is 0 Å². The number of hydrogen-bond acceptors (Lipinski definition) is 2. The van der Waals surface area contributed by atoms with E-state index in [4.69, 9.17) is 4.74 Å². The Kier molecular flexibility index (Phi) is 3.62. The zero-order chi connectivity index (χ0) is 8.93. The first-order chi connectivity index (χ1) is 6.45. The third-order valence-corrected chi connectivity index (χ3v) is 3.34. The smallest absolute Gasteiger partial charge is 0.0594 e. The van der Waals surface area contributed by atoms with E-state index in [-0.39, 0.29) is 0 Å². The maximum absolute atomic E-state index is 5.35. The normalized spacial score (nSPS) is 27.7. The zero-order valence-corrected chi connectivity index (χ0v) is 8.50. The van der Waals surface area contributed by atoms with Crippen molar-refractivity contribution < 1.29 is 4.74 Å². The van der Waals surface area contributed by atoms with E-state index in [9.17, 15) is 0 Å². The number of rotatable bonds is 2. The topological polar surface area (TPSA) is 12.5 Å². The molecule has 0 radical (unpaired) electrons. The van der Waals surface area contributed by atoms with E-state index in [0.717, 1.165) is 32.2 Å². The largest absolute Gasteiger partial charge is 0.379 e. The molecule has 13 heavy (non-hydrogen) atoms. The van der Waals surface area contributed by atoms with Crippen molar-refractivity contribution in [1.82, 2.24) is 4.90 Å². The van der Waals surface area contributed by atoms with Crippen molar-refractivity contribution >= 4 is 0 Å². The molecule has 76 valence electrons. The fourth-order valence-corrected chi connectivity index (χ4v) is 2.52. The minimum Gasteiger partial charge on any atom is -0.379 e. The van der Waals surface area contributed by atoms with Crippen LogP contribution in [0.2, 0.25) is 0 Å². The Bertz CT molecular complexity index is 121. The Morgan fingerprint density at radius 3 is 2.38 bits per heavy atom. The first kappa shape index (κ1) is 9.47. The van der Waals surface area contributed by atoms with E-state index in [1.807, 2.05) is 0 Å². The van der Waals surface area contributed by atoms with Gasteiger partial charge in [0.25, 0.3) is 0 Å². The van der Waals surface area contributed by atoms with Crippen molar-refractivity contribution in [3.8, 4) is 0 Å². The van der Waals surface area contributed by atoms with Gasteiger partial charge in [-0.05, 0) is 18.8 Å². The third kappa shape index (κ3) is 2.96. The van der Waals surface area contributed by atoms with Crippen LogP contribution < -0.4 is 0 Å². The Morgan fingerprint density at radius 2 is 1.69 bits per heavy atom. The second kappa shape index (κ2) is 4.97. The van der Waals surface area contributed by atoms with Gasteiger partial charge in [-0.15, -0.1) is 0 Å². The highest BCUT2D eigenvalue weighted by Crippen LogP contribution is 2.24. The maximum Gasteiger partial charge on any atom is 0.0594 e. The molecule has 0 atom stereocenters. The fraction of sp³-hybridized carbons (Fsp3) is 1.00. The SMILES string of the molecule is C1CCC(CN2CCOCC2)CC1. The molecule has 1 saturated carbocycles. The molecule has 1 aliphatic carbocycles. The second-order valence-electron chi connectivity index (χ2n) is 4.42. The van der Waals surface area contributed by atoms with Crippen molar-refractivity contribution in [2.75, 3.05) is 32.8 Å². The maximum atomic E-state index is 5.35. The van der Waals surface area contributed by atoms with E-state index < -0.39 is 0 Å². The van der Waals surface area contributed by atoms with Crippen LogP contribution >= 0.6 is 0 Å². The summed E-state index contributed by atoms with van der Waals surface area (Å²) in [5.41, 5.74) is 0. The monoisotopic (exact) mass is 183 g/mol. The molecular weight excluding hydrogens is 162 g/mol. The minimum atomic E-state index is 0.951. The molecule has 0 bridgehead atoms. The average Bonchev–Trinajstić information content (AvgIpc) is 2.21. The summed E-state index contributed by atoms with van der Waals surface area (Å²) in [5, 5.41) is 0. The molecule has 0 amide bonds. The van der Waals surface area contributed by atoms with E-state index in [0.29, 0.717) is 0 Å². The summed E-state index contributed by atoms with van der Waals surface area (Å²) in [5.74, 6) is 0.992. The van der Waals surface area contributed by atoms with Gasteiger partial charge in [0.1, 0.15) is 0 Å². The Balaban J connectivity index is 1.69. The van der Waals surface area contributed by atoms with Crippen molar-refractivity contribution in [2.24, 2.45) is 5.92 Å². The number of nitrogens with zero attached hydrogens (tertiary/aromatic N) is 1. The summed E-state index contributed by atoms with van der Waals surface area (Å²) in [6.07, 6.45) is 7.35. The molecule has 2 fully saturated rings. The lowest BCUT2D eigenvalue weighted by Crippen LogP contribution is -2.39. The molecule has 0 aromatic rings.